The van der Waals surface area contributed by atoms with E-state index in [0.717, 1.165) is 57.4 Å². The van der Waals surface area contributed by atoms with Crippen molar-refractivity contribution in [3.63, 3.8) is 0 Å². The molecule has 1 heterocycles. The molecule has 0 radical (unpaired) electrons. The number of thioether (sulfide) groups is 1. The summed E-state index contributed by atoms with van der Waals surface area (Å²) in [7, 11) is 0. The third-order valence-electron chi connectivity index (χ3n) is 4.95. The predicted molar refractivity (Wildman–Crippen MR) is 130 cm³/mol. The van der Waals surface area contributed by atoms with Crippen LogP contribution in [0.25, 0.3) is 0 Å². The summed E-state index contributed by atoms with van der Waals surface area (Å²) in [5.41, 5.74) is 2.67. The molecule has 27 heavy (non-hydrogen) atoms. The molecular formula is C21H36IN3OS. The molecule has 0 aliphatic carbocycles. The fraction of sp³-hybridized carbons (Fsp3) is 0.667. The first-order chi connectivity index (χ1) is 12.6. The lowest BCUT2D eigenvalue weighted by Gasteiger charge is -2.35. The van der Waals surface area contributed by atoms with Gasteiger partial charge in [0.25, 0.3) is 0 Å². The number of hydrogen-bond acceptors (Lipinski definition) is 3. The Labute approximate surface area is 186 Å². The minimum absolute atomic E-state index is 0. The Hall–Kier alpha value is -0.470. The lowest BCUT2D eigenvalue weighted by molar-refractivity contribution is 0.0793. The summed E-state index contributed by atoms with van der Waals surface area (Å²) in [6.45, 7) is 13.1. The standard InChI is InChI=1S/C21H35N3OS.HI/c1-5-22-20(23-15-18(4)19-9-7-17(3)8-10-19)24-16-21(26-6-2)11-13-25-14-12-21;/h7-10,18H,5-6,11-16H2,1-4H3,(H2,22,23,24);1H. The number of hydrogen-bond donors (Lipinski definition) is 2. The molecule has 1 aromatic carbocycles. The molecule has 0 aromatic heterocycles. The highest BCUT2D eigenvalue weighted by Crippen LogP contribution is 2.35. The van der Waals surface area contributed by atoms with Crippen molar-refractivity contribution in [2.75, 3.05) is 38.6 Å². The SMILES string of the molecule is CCNC(=NCC1(SCC)CCOCC1)NCC(C)c1ccc(C)cc1.I. The minimum atomic E-state index is 0. The first-order valence-electron chi connectivity index (χ1n) is 9.89. The Morgan fingerprint density at radius 3 is 2.44 bits per heavy atom. The van der Waals surface area contributed by atoms with E-state index in [1.165, 1.54) is 11.1 Å². The molecule has 2 rings (SSSR count). The predicted octanol–water partition coefficient (Wildman–Crippen LogP) is 4.57. The number of benzene rings is 1. The second kappa shape index (κ2) is 12.9. The Morgan fingerprint density at radius 1 is 1.19 bits per heavy atom. The van der Waals surface area contributed by atoms with Crippen molar-refractivity contribution >= 4 is 41.7 Å². The third-order valence-corrected chi connectivity index (χ3v) is 6.38. The Morgan fingerprint density at radius 2 is 1.85 bits per heavy atom. The molecule has 6 heteroatoms. The lowest BCUT2D eigenvalue weighted by Crippen LogP contribution is -2.42. The lowest BCUT2D eigenvalue weighted by atomic mass is 9.99. The van der Waals surface area contributed by atoms with E-state index in [9.17, 15) is 0 Å². The van der Waals surface area contributed by atoms with E-state index in [2.05, 4.69) is 62.6 Å². The molecule has 0 amide bonds. The van der Waals surface area contributed by atoms with Crippen LogP contribution in [0.5, 0.6) is 0 Å². The van der Waals surface area contributed by atoms with Gasteiger partial charge < -0.3 is 15.4 Å². The van der Waals surface area contributed by atoms with Crippen molar-refractivity contribution < 1.29 is 4.74 Å². The summed E-state index contributed by atoms with van der Waals surface area (Å²) >= 11 is 2.04. The van der Waals surface area contributed by atoms with E-state index < -0.39 is 0 Å². The summed E-state index contributed by atoms with van der Waals surface area (Å²) in [6.07, 6.45) is 2.18. The van der Waals surface area contributed by atoms with Gasteiger partial charge in [0.1, 0.15) is 0 Å². The number of aliphatic imine (C=N–C) groups is 1. The zero-order chi connectivity index (χ0) is 18.8. The number of rotatable bonds is 8. The zero-order valence-electron chi connectivity index (χ0n) is 17.2. The maximum Gasteiger partial charge on any atom is 0.191 e. The molecule has 154 valence electrons. The summed E-state index contributed by atoms with van der Waals surface area (Å²) in [6, 6.07) is 8.81. The average molecular weight is 506 g/mol. The fourth-order valence-electron chi connectivity index (χ4n) is 3.23. The Balaban J connectivity index is 0.00000364. The van der Waals surface area contributed by atoms with E-state index in [4.69, 9.17) is 9.73 Å². The molecule has 1 aliphatic rings. The van der Waals surface area contributed by atoms with Crippen LogP contribution in [0.2, 0.25) is 0 Å². The van der Waals surface area contributed by atoms with Crippen molar-refractivity contribution in [3.8, 4) is 0 Å². The van der Waals surface area contributed by atoms with Crippen molar-refractivity contribution in [2.24, 2.45) is 4.99 Å². The molecule has 0 bridgehead atoms. The topological polar surface area (TPSA) is 45.7 Å². The molecule has 2 N–H and O–H groups in total. The molecule has 4 nitrogen and oxygen atoms in total. The molecule has 1 fully saturated rings. The van der Waals surface area contributed by atoms with Gasteiger partial charge in [0.2, 0.25) is 0 Å². The van der Waals surface area contributed by atoms with Crippen LogP contribution in [0, 0.1) is 6.92 Å². The van der Waals surface area contributed by atoms with Gasteiger partial charge in [-0.25, -0.2) is 0 Å². The number of halogens is 1. The minimum Gasteiger partial charge on any atom is -0.381 e. The van der Waals surface area contributed by atoms with Crippen LogP contribution in [0.15, 0.2) is 29.3 Å². The third kappa shape index (κ3) is 8.20. The van der Waals surface area contributed by atoms with Gasteiger partial charge in [-0.15, -0.1) is 24.0 Å². The largest absolute Gasteiger partial charge is 0.381 e. The van der Waals surface area contributed by atoms with Crippen LogP contribution < -0.4 is 10.6 Å². The van der Waals surface area contributed by atoms with Crippen molar-refractivity contribution in [2.45, 2.75) is 51.2 Å². The van der Waals surface area contributed by atoms with E-state index >= 15 is 0 Å². The molecule has 1 aliphatic heterocycles. The Kier molecular flexibility index (Phi) is 11.7. The maximum atomic E-state index is 5.57. The summed E-state index contributed by atoms with van der Waals surface area (Å²) in [5, 5.41) is 6.93. The Bertz CT molecular complexity index is 554. The monoisotopic (exact) mass is 505 g/mol. The first kappa shape index (κ1) is 24.6. The van der Waals surface area contributed by atoms with E-state index in [0.29, 0.717) is 5.92 Å². The summed E-state index contributed by atoms with van der Waals surface area (Å²) in [4.78, 5) is 4.93. The highest BCUT2D eigenvalue weighted by atomic mass is 127. The van der Waals surface area contributed by atoms with Crippen molar-refractivity contribution in [3.05, 3.63) is 35.4 Å². The average Bonchev–Trinajstić information content (AvgIpc) is 2.65. The molecular weight excluding hydrogens is 469 g/mol. The van der Waals surface area contributed by atoms with E-state index in [1.807, 2.05) is 11.8 Å². The molecule has 1 atom stereocenters. The number of aryl methyl sites for hydroxylation is 1. The highest BCUT2D eigenvalue weighted by Gasteiger charge is 2.32. The molecule has 1 saturated heterocycles. The number of nitrogens with zero attached hydrogens (tertiary/aromatic N) is 1. The zero-order valence-corrected chi connectivity index (χ0v) is 20.4. The summed E-state index contributed by atoms with van der Waals surface area (Å²) < 4.78 is 5.80. The van der Waals surface area contributed by atoms with Gasteiger partial charge in [0.05, 0.1) is 6.54 Å². The smallest absolute Gasteiger partial charge is 0.191 e. The second-order valence-electron chi connectivity index (χ2n) is 7.12. The van der Waals surface area contributed by atoms with Crippen molar-refractivity contribution in [1.82, 2.24) is 10.6 Å². The van der Waals surface area contributed by atoms with Crippen LogP contribution in [-0.4, -0.2) is 49.3 Å². The second-order valence-corrected chi connectivity index (χ2v) is 8.85. The fourth-order valence-corrected chi connectivity index (χ4v) is 4.45. The normalized spacial score (nSPS) is 17.7. The van der Waals surface area contributed by atoms with E-state index in [-0.39, 0.29) is 28.7 Å². The van der Waals surface area contributed by atoms with Gasteiger partial charge in [-0.1, -0.05) is 43.7 Å². The van der Waals surface area contributed by atoms with Gasteiger partial charge in [-0.05, 0) is 43.9 Å². The van der Waals surface area contributed by atoms with Gasteiger partial charge in [-0.2, -0.15) is 11.8 Å². The van der Waals surface area contributed by atoms with Gasteiger partial charge in [0, 0.05) is 31.1 Å². The first-order valence-corrected chi connectivity index (χ1v) is 10.9. The highest BCUT2D eigenvalue weighted by molar-refractivity contribution is 14.0. The van der Waals surface area contributed by atoms with Crippen LogP contribution in [0.4, 0.5) is 0 Å². The van der Waals surface area contributed by atoms with Crippen LogP contribution in [0.1, 0.15) is 50.7 Å². The molecule has 0 spiro atoms. The maximum absolute atomic E-state index is 5.57. The summed E-state index contributed by atoms with van der Waals surface area (Å²) in [5.74, 6) is 2.50. The number of nitrogens with one attached hydrogen (secondary N) is 2. The number of ether oxygens (including phenoxy) is 1. The molecule has 1 unspecified atom stereocenters. The number of guanidine groups is 1. The van der Waals surface area contributed by atoms with Crippen LogP contribution >= 0.6 is 35.7 Å². The molecule has 1 aromatic rings. The quantitative estimate of drug-likeness (QED) is 0.309. The van der Waals surface area contributed by atoms with Crippen LogP contribution in [0.3, 0.4) is 0 Å². The van der Waals surface area contributed by atoms with Crippen molar-refractivity contribution in [1.29, 1.82) is 0 Å². The van der Waals surface area contributed by atoms with Gasteiger partial charge in [-0.3, -0.25) is 4.99 Å². The van der Waals surface area contributed by atoms with E-state index in [1.54, 1.807) is 0 Å². The van der Waals surface area contributed by atoms with Gasteiger partial charge >= 0.3 is 0 Å². The van der Waals surface area contributed by atoms with Crippen LogP contribution in [-0.2, 0) is 4.74 Å². The van der Waals surface area contributed by atoms with Gasteiger partial charge in [0.15, 0.2) is 5.96 Å². The molecule has 0 saturated carbocycles.